The third-order valence-electron chi connectivity index (χ3n) is 2.83. The lowest BCUT2D eigenvalue weighted by molar-refractivity contribution is 1.12. The first-order valence-corrected chi connectivity index (χ1v) is 6.52. The average molecular weight is 302 g/mol. The molecular weight excluding hydrogens is 290 g/mol. The second kappa shape index (κ2) is 4.82. The van der Waals surface area contributed by atoms with Crippen molar-refractivity contribution in [2.24, 2.45) is 0 Å². The maximum Gasteiger partial charge on any atom is 0.0651 e. The van der Waals surface area contributed by atoms with Gasteiger partial charge in [0, 0.05) is 22.1 Å². The Kier molecular flexibility index (Phi) is 3.02. The number of H-pyrrole nitrogens is 1. The monoisotopic (exact) mass is 301 g/mol. The van der Waals surface area contributed by atoms with E-state index in [1.54, 1.807) is 0 Å². The van der Waals surface area contributed by atoms with Gasteiger partial charge in [-0.3, -0.25) is 5.10 Å². The predicted octanol–water partition coefficient (Wildman–Crippen LogP) is 3.94. The van der Waals surface area contributed by atoms with Gasteiger partial charge in [0.1, 0.15) is 0 Å². The number of hydrogen-bond acceptors (Lipinski definition) is 2. The zero-order valence-corrected chi connectivity index (χ0v) is 11.2. The molecule has 0 aliphatic carbocycles. The molecule has 3 aromatic rings. The Bertz CT molecular complexity index is 675. The summed E-state index contributed by atoms with van der Waals surface area (Å²) in [5.74, 6) is 0. The Hall–Kier alpha value is -1.81. The van der Waals surface area contributed by atoms with E-state index in [2.05, 4.69) is 55.7 Å². The van der Waals surface area contributed by atoms with Crippen LogP contribution in [0.25, 0.3) is 10.9 Å². The maximum atomic E-state index is 4.01. The molecule has 0 spiro atoms. The smallest absolute Gasteiger partial charge is 0.0651 e. The van der Waals surface area contributed by atoms with Crippen molar-refractivity contribution >= 4 is 32.5 Å². The van der Waals surface area contributed by atoms with Crippen LogP contribution in [0.15, 0.2) is 53.1 Å². The van der Waals surface area contributed by atoms with E-state index in [1.807, 2.05) is 24.4 Å². The van der Waals surface area contributed by atoms with Gasteiger partial charge in [0.05, 0.1) is 11.7 Å². The van der Waals surface area contributed by atoms with Crippen LogP contribution >= 0.6 is 15.9 Å². The SMILES string of the molecule is Brc1cccc(CNc2ccc3[nH]ncc3c2)c1. The number of aromatic nitrogens is 2. The minimum atomic E-state index is 0.808. The van der Waals surface area contributed by atoms with E-state index < -0.39 is 0 Å². The average Bonchev–Trinajstić information content (AvgIpc) is 2.84. The molecule has 0 bridgehead atoms. The molecule has 1 heterocycles. The molecule has 0 amide bonds. The van der Waals surface area contributed by atoms with Crippen molar-refractivity contribution in [3.8, 4) is 0 Å². The lowest BCUT2D eigenvalue weighted by Crippen LogP contribution is -1.98. The molecule has 0 radical (unpaired) electrons. The highest BCUT2D eigenvalue weighted by molar-refractivity contribution is 9.10. The normalized spacial score (nSPS) is 10.7. The van der Waals surface area contributed by atoms with Gasteiger partial charge in [-0.15, -0.1) is 0 Å². The maximum absolute atomic E-state index is 4.01. The highest BCUT2D eigenvalue weighted by atomic mass is 79.9. The van der Waals surface area contributed by atoms with Crippen LogP contribution < -0.4 is 5.32 Å². The molecule has 0 atom stereocenters. The zero-order chi connectivity index (χ0) is 12.4. The number of fused-ring (bicyclic) bond motifs is 1. The van der Waals surface area contributed by atoms with Crippen LogP contribution in [0.5, 0.6) is 0 Å². The quantitative estimate of drug-likeness (QED) is 0.769. The third-order valence-corrected chi connectivity index (χ3v) is 3.32. The molecule has 2 N–H and O–H groups in total. The fourth-order valence-corrected chi connectivity index (χ4v) is 2.35. The summed E-state index contributed by atoms with van der Waals surface area (Å²) in [6, 6.07) is 14.5. The number of aromatic amines is 1. The number of benzene rings is 2. The summed E-state index contributed by atoms with van der Waals surface area (Å²) in [6.45, 7) is 0.808. The Morgan fingerprint density at radius 3 is 3.00 bits per heavy atom. The standard InChI is InChI=1S/C14H12BrN3/c15-12-3-1-2-10(6-12)8-16-13-4-5-14-11(7-13)9-17-18-14/h1-7,9,16H,8H2,(H,17,18). The fraction of sp³-hybridized carbons (Fsp3) is 0.0714. The van der Waals surface area contributed by atoms with Crippen LogP contribution in [0.3, 0.4) is 0 Å². The lowest BCUT2D eigenvalue weighted by Gasteiger charge is -2.07. The number of anilines is 1. The first-order valence-electron chi connectivity index (χ1n) is 5.73. The van der Waals surface area contributed by atoms with E-state index in [0.29, 0.717) is 0 Å². The van der Waals surface area contributed by atoms with Gasteiger partial charge in [-0.1, -0.05) is 28.1 Å². The first-order chi connectivity index (χ1) is 8.81. The Morgan fingerprint density at radius 2 is 2.11 bits per heavy atom. The van der Waals surface area contributed by atoms with Crippen LogP contribution in [-0.4, -0.2) is 10.2 Å². The van der Waals surface area contributed by atoms with Crippen molar-refractivity contribution in [3.05, 3.63) is 58.7 Å². The molecule has 0 saturated heterocycles. The fourth-order valence-electron chi connectivity index (χ4n) is 1.90. The zero-order valence-electron chi connectivity index (χ0n) is 9.65. The number of halogens is 1. The van der Waals surface area contributed by atoms with Gasteiger partial charge in [-0.2, -0.15) is 5.10 Å². The third kappa shape index (κ3) is 2.38. The topological polar surface area (TPSA) is 40.7 Å². The number of hydrogen-bond donors (Lipinski definition) is 2. The molecule has 90 valence electrons. The summed E-state index contributed by atoms with van der Waals surface area (Å²) >= 11 is 3.48. The van der Waals surface area contributed by atoms with Crippen LogP contribution in [-0.2, 0) is 6.54 Å². The number of nitrogens with zero attached hydrogens (tertiary/aromatic N) is 1. The van der Waals surface area contributed by atoms with Gasteiger partial charge in [0.25, 0.3) is 0 Å². The Labute approximate surface area is 113 Å². The number of rotatable bonds is 3. The molecule has 0 fully saturated rings. The largest absolute Gasteiger partial charge is 0.381 e. The van der Waals surface area contributed by atoms with E-state index in [-0.39, 0.29) is 0 Å². The summed E-state index contributed by atoms with van der Waals surface area (Å²) < 4.78 is 1.10. The van der Waals surface area contributed by atoms with Crippen molar-refractivity contribution in [3.63, 3.8) is 0 Å². The lowest BCUT2D eigenvalue weighted by atomic mass is 10.2. The van der Waals surface area contributed by atoms with Crippen molar-refractivity contribution in [1.29, 1.82) is 0 Å². The highest BCUT2D eigenvalue weighted by Crippen LogP contribution is 2.18. The molecule has 0 aliphatic heterocycles. The van der Waals surface area contributed by atoms with E-state index in [0.717, 1.165) is 27.6 Å². The molecule has 3 rings (SSSR count). The molecule has 4 heteroatoms. The van der Waals surface area contributed by atoms with E-state index >= 15 is 0 Å². The minimum absolute atomic E-state index is 0.808. The highest BCUT2D eigenvalue weighted by Gasteiger charge is 1.98. The summed E-state index contributed by atoms with van der Waals surface area (Å²) in [5.41, 5.74) is 3.41. The minimum Gasteiger partial charge on any atom is -0.381 e. The van der Waals surface area contributed by atoms with Gasteiger partial charge >= 0.3 is 0 Å². The summed E-state index contributed by atoms with van der Waals surface area (Å²) in [7, 11) is 0. The molecule has 0 unspecified atom stereocenters. The summed E-state index contributed by atoms with van der Waals surface area (Å²) in [6.07, 6.45) is 1.83. The second-order valence-corrected chi connectivity index (χ2v) is 5.07. The molecule has 0 aliphatic rings. The van der Waals surface area contributed by atoms with Gasteiger partial charge in [0.15, 0.2) is 0 Å². The number of nitrogens with one attached hydrogen (secondary N) is 2. The molecular formula is C14H12BrN3. The van der Waals surface area contributed by atoms with Gasteiger partial charge in [-0.05, 0) is 35.9 Å². The summed E-state index contributed by atoms with van der Waals surface area (Å²) in [5, 5.41) is 11.5. The van der Waals surface area contributed by atoms with Crippen LogP contribution in [0.4, 0.5) is 5.69 Å². The van der Waals surface area contributed by atoms with E-state index in [9.17, 15) is 0 Å². The van der Waals surface area contributed by atoms with Crippen LogP contribution in [0.1, 0.15) is 5.56 Å². The predicted molar refractivity (Wildman–Crippen MR) is 77.6 cm³/mol. The second-order valence-electron chi connectivity index (χ2n) is 4.16. The van der Waals surface area contributed by atoms with E-state index in [1.165, 1.54) is 5.56 Å². The molecule has 3 nitrogen and oxygen atoms in total. The Morgan fingerprint density at radius 1 is 1.17 bits per heavy atom. The van der Waals surface area contributed by atoms with Gasteiger partial charge in [-0.25, -0.2) is 0 Å². The van der Waals surface area contributed by atoms with Crippen molar-refractivity contribution in [1.82, 2.24) is 10.2 Å². The molecule has 2 aromatic carbocycles. The van der Waals surface area contributed by atoms with E-state index in [4.69, 9.17) is 0 Å². The van der Waals surface area contributed by atoms with Crippen molar-refractivity contribution in [2.45, 2.75) is 6.54 Å². The molecule has 18 heavy (non-hydrogen) atoms. The van der Waals surface area contributed by atoms with Crippen molar-refractivity contribution < 1.29 is 0 Å². The van der Waals surface area contributed by atoms with Gasteiger partial charge in [0.2, 0.25) is 0 Å². The van der Waals surface area contributed by atoms with Crippen LogP contribution in [0.2, 0.25) is 0 Å². The first kappa shape index (κ1) is 11.3. The summed E-state index contributed by atoms with van der Waals surface area (Å²) in [4.78, 5) is 0. The van der Waals surface area contributed by atoms with Crippen molar-refractivity contribution in [2.75, 3.05) is 5.32 Å². The van der Waals surface area contributed by atoms with Crippen LogP contribution in [0, 0.1) is 0 Å². The molecule has 0 saturated carbocycles. The molecule has 1 aromatic heterocycles. The van der Waals surface area contributed by atoms with Gasteiger partial charge < -0.3 is 5.32 Å². The Balaban J connectivity index is 1.76.